The molecule has 0 bridgehead atoms. The van der Waals surface area contributed by atoms with Crippen LogP contribution >= 0.6 is 28.3 Å². The van der Waals surface area contributed by atoms with Gasteiger partial charge in [0.05, 0.1) is 37.7 Å². The lowest BCUT2D eigenvalue weighted by atomic mass is 10.1. The minimum Gasteiger partial charge on any atom is -0.442 e. The third kappa shape index (κ3) is 7.15. The lowest BCUT2D eigenvalue weighted by Gasteiger charge is -2.29. The molecule has 4 rings (SSSR count). The number of anilines is 3. The van der Waals surface area contributed by atoms with Crippen LogP contribution in [-0.2, 0) is 25.0 Å². The summed E-state index contributed by atoms with van der Waals surface area (Å²) in [4.78, 5) is 34.2. The van der Waals surface area contributed by atoms with Crippen molar-refractivity contribution in [3.8, 4) is 0 Å². The minimum atomic E-state index is -3.67. The van der Waals surface area contributed by atoms with Gasteiger partial charge in [0.2, 0.25) is 21.1 Å². The van der Waals surface area contributed by atoms with E-state index in [2.05, 4.69) is 10.6 Å². The quantitative estimate of drug-likeness (QED) is 0.210. The number of nitrogens with one attached hydrogen (secondary N) is 2. The maximum atomic E-state index is 14.8. The summed E-state index contributed by atoms with van der Waals surface area (Å²) in [5, 5.41) is 13.6. The summed E-state index contributed by atoms with van der Waals surface area (Å²) < 4.78 is 48.2. The van der Waals surface area contributed by atoms with Crippen LogP contribution in [0.4, 0.5) is 26.2 Å². The van der Waals surface area contributed by atoms with E-state index in [-0.39, 0.29) is 18.2 Å². The van der Waals surface area contributed by atoms with Crippen molar-refractivity contribution in [1.29, 1.82) is 0 Å². The fourth-order valence-corrected chi connectivity index (χ4v) is 5.83. The van der Waals surface area contributed by atoms with Crippen molar-refractivity contribution < 1.29 is 42.7 Å². The van der Waals surface area contributed by atoms with Crippen molar-refractivity contribution >= 4 is 56.5 Å². The van der Waals surface area contributed by atoms with Gasteiger partial charge in [-0.1, -0.05) is 12.1 Å². The predicted octanol–water partition coefficient (Wildman–Crippen LogP) is 2.10. The number of nitrogens with zero attached hydrogens (tertiary/aromatic N) is 2. The largest absolute Gasteiger partial charge is 0.442 e. The number of hydrogen-bond donors (Lipinski definition) is 5. The summed E-state index contributed by atoms with van der Waals surface area (Å²) in [6, 6.07) is 10.8. The van der Waals surface area contributed by atoms with Gasteiger partial charge in [0.15, 0.2) is 5.11 Å². The molecule has 2 heterocycles. The molecule has 2 aromatic carbocycles. The molecule has 0 saturated carbocycles. The van der Waals surface area contributed by atoms with Crippen LogP contribution in [0, 0.1) is 5.82 Å². The Balaban J connectivity index is 1.28. The Labute approximate surface area is 230 Å². The highest BCUT2D eigenvalue weighted by atomic mass is 32.1. The molecule has 2 aromatic rings. The van der Waals surface area contributed by atoms with Gasteiger partial charge in [0, 0.05) is 25.2 Å². The molecular formula is C23H29FN4O8P2S. The Kier molecular flexibility index (Phi) is 9.60. The second-order valence-corrected chi connectivity index (χ2v) is 12.8. The first-order valence-corrected chi connectivity index (χ1v) is 15.1. The van der Waals surface area contributed by atoms with E-state index in [4.69, 9.17) is 21.7 Å². The van der Waals surface area contributed by atoms with Gasteiger partial charge in [0.1, 0.15) is 11.9 Å². The molecule has 2 unspecified atom stereocenters. The summed E-state index contributed by atoms with van der Waals surface area (Å²) in [6.07, 6.45) is -1.59. The Morgan fingerprint density at radius 1 is 1.13 bits per heavy atom. The number of cyclic esters (lactones) is 1. The molecule has 2 fully saturated rings. The summed E-state index contributed by atoms with van der Waals surface area (Å²) >= 11 is 5.29. The number of morpholine rings is 1. The molecule has 0 radical (unpaired) electrons. The van der Waals surface area contributed by atoms with Crippen molar-refractivity contribution in [3.63, 3.8) is 0 Å². The van der Waals surface area contributed by atoms with Crippen LogP contribution in [-0.4, -0.2) is 76.7 Å². The number of hydrogen-bond acceptors (Lipinski definition) is 8. The van der Waals surface area contributed by atoms with Gasteiger partial charge in [0.25, 0.3) is 0 Å². The third-order valence-electron chi connectivity index (χ3n) is 6.34. The normalized spacial score (nSPS) is 20.6. The Morgan fingerprint density at radius 2 is 1.79 bits per heavy atom. The molecule has 3 atom stereocenters. The van der Waals surface area contributed by atoms with Crippen LogP contribution in [0.1, 0.15) is 5.56 Å². The fourth-order valence-electron chi connectivity index (χ4n) is 4.19. The van der Waals surface area contributed by atoms with Crippen molar-refractivity contribution in [2.24, 2.45) is 0 Å². The van der Waals surface area contributed by atoms with Crippen molar-refractivity contribution in [3.05, 3.63) is 53.8 Å². The second kappa shape index (κ2) is 12.7. The molecule has 39 heavy (non-hydrogen) atoms. The van der Waals surface area contributed by atoms with Crippen LogP contribution in [0.15, 0.2) is 42.5 Å². The number of rotatable bonds is 9. The topological polar surface area (TPSA) is 161 Å². The van der Waals surface area contributed by atoms with E-state index in [0.29, 0.717) is 48.9 Å². The van der Waals surface area contributed by atoms with Gasteiger partial charge in [-0.05, 0) is 48.1 Å². The van der Waals surface area contributed by atoms with E-state index in [1.54, 1.807) is 24.3 Å². The third-order valence-corrected chi connectivity index (χ3v) is 9.64. The van der Waals surface area contributed by atoms with Crippen LogP contribution in [0.3, 0.4) is 0 Å². The SMILES string of the molecule is O=C1O[C@@H](CNC(=S)Nc2ccc(CC(O)([PH](=O)O)[PH](=O)O)cc2)CN1c1ccc(N2CCOCC2)c(F)c1. The molecule has 1 amide bonds. The maximum Gasteiger partial charge on any atom is 0.414 e. The van der Waals surface area contributed by atoms with Gasteiger partial charge in [-0.25, -0.2) is 9.18 Å². The van der Waals surface area contributed by atoms with Gasteiger partial charge in [-0.15, -0.1) is 0 Å². The van der Waals surface area contributed by atoms with Gasteiger partial charge in [-0.2, -0.15) is 0 Å². The van der Waals surface area contributed by atoms with E-state index in [1.165, 1.54) is 23.1 Å². The zero-order chi connectivity index (χ0) is 28.2. The number of carbonyl (C=O) groups excluding carboxylic acids is 1. The van der Waals surface area contributed by atoms with Crippen LogP contribution in [0.25, 0.3) is 0 Å². The molecule has 0 spiro atoms. The molecule has 12 nitrogen and oxygen atoms in total. The second-order valence-electron chi connectivity index (χ2n) is 9.03. The summed E-state index contributed by atoms with van der Waals surface area (Å²) in [6.45, 7) is 2.65. The van der Waals surface area contributed by atoms with Gasteiger partial charge >= 0.3 is 6.09 Å². The first-order valence-electron chi connectivity index (χ1n) is 12.0. The zero-order valence-corrected chi connectivity index (χ0v) is 23.4. The zero-order valence-electron chi connectivity index (χ0n) is 20.6. The molecule has 2 saturated heterocycles. The monoisotopic (exact) mass is 602 g/mol. The molecule has 2 aliphatic heterocycles. The van der Waals surface area contributed by atoms with Gasteiger partial charge in [-0.3, -0.25) is 14.0 Å². The van der Waals surface area contributed by atoms with E-state index in [1.807, 2.05) is 4.90 Å². The maximum absolute atomic E-state index is 14.8. The van der Waals surface area contributed by atoms with Crippen molar-refractivity contribution in [2.75, 3.05) is 54.5 Å². The molecular weight excluding hydrogens is 573 g/mol. The summed E-state index contributed by atoms with van der Waals surface area (Å²) in [5.74, 6) is -0.429. The minimum absolute atomic E-state index is 0.198. The highest BCUT2D eigenvalue weighted by Gasteiger charge is 2.39. The number of aliphatic hydroxyl groups is 1. The van der Waals surface area contributed by atoms with Gasteiger partial charge < -0.3 is 39.9 Å². The van der Waals surface area contributed by atoms with Crippen LogP contribution < -0.4 is 20.4 Å². The number of halogens is 1. The average molecular weight is 603 g/mol. The molecule has 16 heteroatoms. The smallest absolute Gasteiger partial charge is 0.414 e. The summed E-state index contributed by atoms with van der Waals surface area (Å²) in [7, 11) is -7.34. The highest BCUT2D eigenvalue weighted by Crippen LogP contribution is 2.51. The van der Waals surface area contributed by atoms with E-state index in [0.717, 1.165) is 0 Å². The molecule has 0 aromatic heterocycles. The van der Waals surface area contributed by atoms with E-state index < -0.39 is 45.6 Å². The van der Waals surface area contributed by atoms with Crippen LogP contribution in [0.2, 0.25) is 0 Å². The Bertz CT molecular complexity index is 1250. The number of amides is 1. The number of benzene rings is 2. The number of thiocarbonyl (C=S) groups is 1. The fraction of sp³-hybridized carbons (Fsp3) is 0.391. The molecule has 5 N–H and O–H groups in total. The average Bonchev–Trinajstić information content (AvgIpc) is 3.29. The summed E-state index contributed by atoms with van der Waals surface area (Å²) in [5.41, 5.74) is 1.78. The lowest BCUT2D eigenvalue weighted by molar-refractivity contribution is 0.122. The van der Waals surface area contributed by atoms with Crippen molar-refractivity contribution in [1.82, 2.24) is 5.32 Å². The Hall–Kier alpha value is -2.57. The molecule has 0 aliphatic carbocycles. The predicted molar refractivity (Wildman–Crippen MR) is 149 cm³/mol. The van der Waals surface area contributed by atoms with Crippen molar-refractivity contribution in [2.45, 2.75) is 17.6 Å². The highest BCUT2D eigenvalue weighted by molar-refractivity contribution is 7.80. The first kappa shape index (κ1) is 29.4. The molecule has 2 aliphatic rings. The first-order chi connectivity index (χ1) is 18.6. The van der Waals surface area contributed by atoms with E-state index >= 15 is 0 Å². The van der Waals surface area contributed by atoms with E-state index in [9.17, 15) is 33.2 Å². The lowest BCUT2D eigenvalue weighted by Crippen LogP contribution is -2.37. The van der Waals surface area contributed by atoms with Crippen LogP contribution in [0.5, 0.6) is 0 Å². The number of ether oxygens (including phenoxy) is 2. The molecule has 212 valence electrons. The Morgan fingerprint density at radius 3 is 2.41 bits per heavy atom. The number of carbonyl (C=O) groups is 1. The standard InChI is InChI=1S/C23H29FN4O8P2S/c24-19-11-17(5-6-20(19)27-7-9-35-10-8-27)28-14-18(36-22(28)29)13-25-21(39)26-16-3-1-15(2-4-16)12-23(30,37(31)32)38(33)34/h1-6,11,18,30,37-38H,7-10,12-14H2,(H,31,32)(H,33,34)(H2,25,26,39)/t18-/m0/s1.